The van der Waals surface area contributed by atoms with Gasteiger partial charge in [0.1, 0.15) is 0 Å². The van der Waals surface area contributed by atoms with Gasteiger partial charge < -0.3 is 9.84 Å². The highest BCUT2D eigenvalue weighted by molar-refractivity contribution is 4.88. The molecule has 0 saturated heterocycles. The summed E-state index contributed by atoms with van der Waals surface area (Å²) in [6.45, 7) is 6.84. The van der Waals surface area contributed by atoms with Gasteiger partial charge in [0.25, 0.3) is 0 Å². The summed E-state index contributed by atoms with van der Waals surface area (Å²) in [4.78, 5) is 0. The first-order valence-electron chi connectivity index (χ1n) is 6.46. The fourth-order valence-electron chi connectivity index (χ4n) is 2.67. The van der Waals surface area contributed by atoms with Gasteiger partial charge in [-0.05, 0) is 39.0 Å². The summed E-state index contributed by atoms with van der Waals surface area (Å²) in [6.07, 6.45) is 6.82. The fraction of sp³-hybridized carbons (Fsp3) is 1.00. The van der Waals surface area contributed by atoms with Gasteiger partial charge >= 0.3 is 0 Å². The maximum atomic E-state index is 10.4. The third kappa shape index (κ3) is 3.18. The normalized spacial score (nSPS) is 24.8. The van der Waals surface area contributed by atoms with Gasteiger partial charge in [0.05, 0.1) is 11.7 Å². The Morgan fingerprint density at radius 2 is 1.87 bits per heavy atom. The Balaban J connectivity index is 2.57. The Hall–Kier alpha value is -0.0800. The lowest BCUT2D eigenvalue weighted by Crippen LogP contribution is -2.46. The van der Waals surface area contributed by atoms with Crippen molar-refractivity contribution in [3.8, 4) is 0 Å². The number of aliphatic hydroxyl groups is 1. The van der Waals surface area contributed by atoms with Gasteiger partial charge in [-0.1, -0.05) is 26.2 Å². The minimum Gasteiger partial charge on any atom is -0.390 e. The van der Waals surface area contributed by atoms with Gasteiger partial charge in [-0.25, -0.2) is 0 Å². The monoisotopic (exact) mass is 214 g/mol. The second-order valence-corrected chi connectivity index (χ2v) is 4.94. The van der Waals surface area contributed by atoms with Crippen molar-refractivity contribution in [3.63, 3.8) is 0 Å². The van der Waals surface area contributed by atoms with Crippen molar-refractivity contribution in [2.75, 3.05) is 6.61 Å². The molecule has 1 saturated carbocycles. The van der Waals surface area contributed by atoms with Crippen LogP contribution in [0.4, 0.5) is 0 Å². The van der Waals surface area contributed by atoms with Crippen LogP contribution in [0.15, 0.2) is 0 Å². The molecule has 0 amide bonds. The van der Waals surface area contributed by atoms with Crippen molar-refractivity contribution < 1.29 is 9.84 Å². The van der Waals surface area contributed by atoms with E-state index in [1.165, 1.54) is 32.1 Å². The summed E-state index contributed by atoms with van der Waals surface area (Å²) in [5.74, 6) is 0.454. The van der Waals surface area contributed by atoms with Crippen molar-refractivity contribution in [2.24, 2.45) is 5.92 Å². The Bertz CT molecular complexity index is 175. The molecule has 2 heteroatoms. The van der Waals surface area contributed by atoms with E-state index >= 15 is 0 Å². The molecule has 90 valence electrons. The molecule has 0 spiro atoms. The summed E-state index contributed by atoms with van der Waals surface area (Å²) in [6, 6.07) is 0. The highest BCUT2D eigenvalue weighted by atomic mass is 16.5. The van der Waals surface area contributed by atoms with Crippen molar-refractivity contribution in [1.82, 2.24) is 0 Å². The molecule has 2 nitrogen and oxygen atoms in total. The molecular formula is C13H26O2. The van der Waals surface area contributed by atoms with E-state index in [9.17, 15) is 5.11 Å². The van der Waals surface area contributed by atoms with Gasteiger partial charge in [-0.2, -0.15) is 0 Å². The molecule has 1 aliphatic rings. The largest absolute Gasteiger partial charge is 0.390 e. The standard InChI is InChI=1S/C13H26O2/c1-4-13(3,15-5-2)12(14)11-9-7-6-8-10-11/h11-12,14H,4-10H2,1-3H3. The van der Waals surface area contributed by atoms with E-state index < -0.39 is 0 Å². The van der Waals surface area contributed by atoms with Gasteiger partial charge in [0.15, 0.2) is 0 Å². The second-order valence-electron chi connectivity index (χ2n) is 4.94. The zero-order valence-corrected chi connectivity index (χ0v) is 10.5. The molecule has 1 aliphatic carbocycles. The van der Waals surface area contributed by atoms with Gasteiger partial charge in [-0.15, -0.1) is 0 Å². The highest BCUT2D eigenvalue weighted by Gasteiger charge is 2.37. The summed E-state index contributed by atoms with van der Waals surface area (Å²) in [7, 11) is 0. The van der Waals surface area contributed by atoms with Gasteiger partial charge in [0.2, 0.25) is 0 Å². The topological polar surface area (TPSA) is 29.5 Å². The van der Waals surface area contributed by atoms with E-state index in [0.717, 1.165) is 6.42 Å². The van der Waals surface area contributed by atoms with Crippen molar-refractivity contribution in [1.29, 1.82) is 0 Å². The molecule has 0 aromatic heterocycles. The molecule has 1 rings (SSSR count). The summed E-state index contributed by atoms with van der Waals surface area (Å²) in [5, 5.41) is 10.4. The number of aliphatic hydroxyl groups excluding tert-OH is 1. The smallest absolute Gasteiger partial charge is 0.0912 e. The van der Waals surface area contributed by atoms with Crippen LogP contribution >= 0.6 is 0 Å². The summed E-state index contributed by atoms with van der Waals surface area (Å²) < 4.78 is 5.74. The fourth-order valence-corrected chi connectivity index (χ4v) is 2.67. The van der Waals surface area contributed by atoms with E-state index in [1.807, 2.05) is 6.92 Å². The number of hydrogen-bond donors (Lipinski definition) is 1. The third-order valence-corrected chi connectivity index (χ3v) is 3.90. The lowest BCUT2D eigenvalue weighted by atomic mass is 9.78. The van der Waals surface area contributed by atoms with Crippen LogP contribution in [0.1, 0.15) is 59.3 Å². The summed E-state index contributed by atoms with van der Waals surface area (Å²) in [5.41, 5.74) is -0.337. The quantitative estimate of drug-likeness (QED) is 0.762. The molecule has 2 unspecified atom stereocenters. The average molecular weight is 214 g/mol. The first-order chi connectivity index (χ1) is 7.14. The molecule has 0 heterocycles. The zero-order chi connectivity index (χ0) is 11.3. The lowest BCUT2D eigenvalue weighted by molar-refractivity contribution is -0.135. The molecule has 0 aromatic carbocycles. The van der Waals surface area contributed by atoms with E-state index in [1.54, 1.807) is 0 Å². The van der Waals surface area contributed by atoms with E-state index in [4.69, 9.17) is 4.74 Å². The second kappa shape index (κ2) is 5.86. The number of rotatable bonds is 5. The van der Waals surface area contributed by atoms with E-state index in [2.05, 4.69) is 13.8 Å². The van der Waals surface area contributed by atoms with Crippen LogP contribution in [0, 0.1) is 5.92 Å². The van der Waals surface area contributed by atoms with Crippen molar-refractivity contribution in [2.45, 2.75) is 71.0 Å². The highest BCUT2D eigenvalue weighted by Crippen LogP contribution is 2.34. The molecule has 0 aliphatic heterocycles. The SMILES string of the molecule is CCOC(C)(CC)C(O)C1CCCCC1. The van der Waals surface area contributed by atoms with Crippen LogP contribution in [-0.4, -0.2) is 23.4 Å². The molecule has 1 N–H and O–H groups in total. The first kappa shape index (κ1) is 13.0. The molecule has 2 atom stereocenters. The average Bonchev–Trinajstić information content (AvgIpc) is 2.29. The van der Waals surface area contributed by atoms with Gasteiger partial charge in [-0.3, -0.25) is 0 Å². The molecule has 1 fully saturated rings. The molecule has 0 aromatic rings. The van der Waals surface area contributed by atoms with E-state index in [-0.39, 0.29) is 11.7 Å². The van der Waals surface area contributed by atoms with E-state index in [0.29, 0.717) is 12.5 Å². The summed E-state index contributed by atoms with van der Waals surface area (Å²) >= 11 is 0. The van der Waals surface area contributed by atoms with Crippen molar-refractivity contribution in [3.05, 3.63) is 0 Å². The van der Waals surface area contributed by atoms with Crippen LogP contribution in [-0.2, 0) is 4.74 Å². The Labute approximate surface area is 94.0 Å². The zero-order valence-electron chi connectivity index (χ0n) is 10.5. The Morgan fingerprint density at radius 1 is 1.27 bits per heavy atom. The molecule has 0 radical (unpaired) electrons. The van der Waals surface area contributed by atoms with Crippen molar-refractivity contribution >= 4 is 0 Å². The van der Waals surface area contributed by atoms with Crippen LogP contribution in [0.3, 0.4) is 0 Å². The minimum absolute atomic E-state index is 0.289. The lowest BCUT2D eigenvalue weighted by Gasteiger charge is -2.39. The maximum Gasteiger partial charge on any atom is 0.0912 e. The Morgan fingerprint density at radius 3 is 2.33 bits per heavy atom. The van der Waals surface area contributed by atoms with Crippen LogP contribution in [0.5, 0.6) is 0 Å². The predicted octanol–water partition coefficient (Wildman–Crippen LogP) is 3.13. The molecule has 0 bridgehead atoms. The minimum atomic E-state index is -0.337. The number of ether oxygens (including phenoxy) is 1. The Kier molecular flexibility index (Phi) is 5.07. The van der Waals surface area contributed by atoms with Crippen LogP contribution < -0.4 is 0 Å². The van der Waals surface area contributed by atoms with Crippen LogP contribution in [0.2, 0.25) is 0 Å². The predicted molar refractivity (Wildman–Crippen MR) is 62.9 cm³/mol. The molecule has 15 heavy (non-hydrogen) atoms. The van der Waals surface area contributed by atoms with Crippen LogP contribution in [0.25, 0.3) is 0 Å². The number of hydrogen-bond acceptors (Lipinski definition) is 2. The third-order valence-electron chi connectivity index (χ3n) is 3.90. The maximum absolute atomic E-state index is 10.4. The van der Waals surface area contributed by atoms with Gasteiger partial charge in [0, 0.05) is 6.61 Å². The molecular weight excluding hydrogens is 188 g/mol. The first-order valence-corrected chi connectivity index (χ1v) is 6.46.